The molecule has 2 N–H and O–H groups in total. The Hall–Kier alpha value is -1.55. The molecule has 0 aliphatic heterocycles. The summed E-state index contributed by atoms with van der Waals surface area (Å²) in [7, 11) is 0. The number of carboxylic acids is 1. The van der Waals surface area contributed by atoms with Gasteiger partial charge in [0.15, 0.2) is 0 Å². The van der Waals surface area contributed by atoms with Crippen molar-refractivity contribution in [2.45, 2.75) is 26.7 Å². The average Bonchev–Trinajstić information content (AvgIpc) is 2.27. The Kier molecular flexibility index (Phi) is 5.16. The number of hydrogen-bond acceptors (Lipinski definition) is 2. The highest BCUT2D eigenvalue weighted by Gasteiger charge is 2.10. The van der Waals surface area contributed by atoms with E-state index < -0.39 is 5.97 Å². The van der Waals surface area contributed by atoms with Gasteiger partial charge in [0.05, 0.1) is 5.56 Å². The van der Waals surface area contributed by atoms with Gasteiger partial charge < -0.3 is 10.4 Å². The predicted octanol–water partition coefficient (Wildman–Crippen LogP) is 3.41. The summed E-state index contributed by atoms with van der Waals surface area (Å²) in [5.41, 5.74) is 0.467. The van der Waals surface area contributed by atoms with E-state index >= 15 is 0 Å². The van der Waals surface area contributed by atoms with Gasteiger partial charge in [0, 0.05) is 17.1 Å². The van der Waals surface area contributed by atoms with Crippen LogP contribution in [0.2, 0.25) is 5.02 Å². The van der Waals surface area contributed by atoms with Gasteiger partial charge in [-0.1, -0.05) is 31.9 Å². The maximum absolute atomic E-state index is 11.7. The molecule has 1 aromatic rings. The van der Waals surface area contributed by atoms with E-state index in [1.54, 1.807) is 0 Å². The summed E-state index contributed by atoms with van der Waals surface area (Å²) in [6.07, 6.45) is 1.33. The molecule has 1 rings (SSSR count). The van der Waals surface area contributed by atoms with Crippen molar-refractivity contribution in [3.8, 4) is 0 Å². The third-order valence-electron chi connectivity index (χ3n) is 2.66. The van der Waals surface area contributed by atoms with Crippen LogP contribution in [0.1, 0.15) is 37.0 Å². The minimum absolute atomic E-state index is 0.0568. The van der Waals surface area contributed by atoms with Crippen molar-refractivity contribution in [3.05, 3.63) is 28.8 Å². The highest BCUT2D eigenvalue weighted by Crippen LogP contribution is 2.20. The molecule has 1 amide bonds. The number of carboxylic acid groups (broad SMARTS) is 1. The van der Waals surface area contributed by atoms with Gasteiger partial charge >= 0.3 is 5.97 Å². The first-order valence-electron chi connectivity index (χ1n) is 5.76. The zero-order valence-corrected chi connectivity index (χ0v) is 11.1. The summed E-state index contributed by atoms with van der Waals surface area (Å²) in [5, 5.41) is 11.8. The van der Waals surface area contributed by atoms with Crippen molar-refractivity contribution < 1.29 is 14.7 Å². The van der Waals surface area contributed by atoms with Gasteiger partial charge in [-0.25, -0.2) is 4.79 Å². The van der Waals surface area contributed by atoms with Gasteiger partial charge in [0.1, 0.15) is 0 Å². The number of carbonyl (C=O) groups excluding carboxylic acids is 1. The maximum atomic E-state index is 11.7. The van der Waals surface area contributed by atoms with Crippen LogP contribution < -0.4 is 5.32 Å². The quantitative estimate of drug-likeness (QED) is 0.861. The second-order valence-corrected chi connectivity index (χ2v) is 4.74. The first-order chi connectivity index (χ1) is 8.42. The summed E-state index contributed by atoms with van der Waals surface area (Å²) in [6, 6.07) is 4.26. The van der Waals surface area contributed by atoms with E-state index in [0.717, 1.165) is 6.42 Å². The van der Waals surface area contributed by atoms with E-state index in [-0.39, 0.29) is 16.5 Å². The van der Waals surface area contributed by atoms with Crippen LogP contribution >= 0.6 is 11.6 Å². The predicted molar refractivity (Wildman–Crippen MR) is 71.1 cm³/mol. The van der Waals surface area contributed by atoms with E-state index in [0.29, 0.717) is 18.0 Å². The number of hydrogen-bond donors (Lipinski definition) is 2. The summed E-state index contributed by atoms with van der Waals surface area (Å²) < 4.78 is 0. The molecule has 1 aromatic carbocycles. The van der Waals surface area contributed by atoms with Gasteiger partial charge in [-0.05, 0) is 24.1 Å². The Labute approximate surface area is 111 Å². The molecule has 98 valence electrons. The molecule has 0 aliphatic carbocycles. The molecule has 0 saturated heterocycles. The van der Waals surface area contributed by atoms with Crippen molar-refractivity contribution in [3.63, 3.8) is 0 Å². The van der Waals surface area contributed by atoms with E-state index in [4.69, 9.17) is 16.7 Å². The number of anilines is 1. The maximum Gasteiger partial charge on any atom is 0.335 e. The molecule has 0 fully saturated rings. The Morgan fingerprint density at radius 1 is 1.39 bits per heavy atom. The molecule has 0 aliphatic rings. The number of benzene rings is 1. The fraction of sp³-hybridized carbons (Fsp3) is 0.385. The lowest BCUT2D eigenvalue weighted by Gasteiger charge is -2.10. The molecule has 0 saturated carbocycles. The molecular formula is C13H16ClNO3. The summed E-state index contributed by atoms with van der Waals surface area (Å²) in [5.74, 6) is -0.916. The van der Waals surface area contributed by atoms with Crippen LogP contribution in [0.4, 0.5) is 5.69 Å². The Morgan fingerprint density at radius 3 is 2.61 bits per heavy atom. The number of nitrogens with one attached hydrogen (secondary N) is 1. The number of rotatable bonds is 5. The van der Waals surface area contributed by atoms with Gasteiger partial charge in [0.25, 0.3) is 0 Å². The Balaban J connectivity index is 2.78. The van der Waals surface area contributed by atoms with Gasteiger partial charge in [-0.15, -0.1) is 0 Å². The number of carbonyl (C=O) groups is 2. The van der Waals surface area contributed by atoms with Crippen molar-refractivity contribution in [1.29, 1.82) is 0 Å². The third kappa shape index (κ3) is 4.37. The van der Waals surface area contributed by atoms with Crippen LogP contribution in [0, 0.1) is 5.92 Å². The molecule has 0 bridgehead atoms. The fourth-order valence-electron chi connectivity index (χ4n) is 1.46. The molecule has 1 unspecified atom stereocenters. The van der Waals surface area contributed by atoms with Crippen LogP contribution in [0.15, 0.2) is 18.2 Å². The van der Waals surface area contributed by atoms with E-state index in [1.165, 1.54) is 18.2 Å². The zero-order chi connectivity index (χ0) is 13.7. The van der Waals surface area contributed by atoms with Crippen molar-refractivity contribution >= 4 is 29.2 Å². The molecule has 5 heteroatoms. The molecule has 4 nitrogen and oxygen atoms in total. The standard InChI is InChI=1S/C13H16ClNO3/c1-3-8(2)4-12(16)15-11-6-9(13(17)18)5-10(14)7-11/h5-8H,3-4H2,1-2H3,(H,15,16)(H,17,18). The normalized spacial score (nSPS) is 11.9. The lowest BCUT2D eigenvalue weighted by atomic mass is 10.0. The molecule has 18 heavy (non-hydrogen) atoms. The molecule has 0 radical (unpaired) electrons. The number of amides is 1. The van der Waals surface area contributed by atoms with Gasteiger partial charge in [-0.2, -0.15) is 0 Å². The summed E-state index contributed by atoms with van der Waals surface area (Å²) in [6.45, 7) is 4.00. The lowest BCUT2D eigenvalue weighted by molar-refractivity contribution is -0.117. The monoisotopic (exact) mass is 269 g/mol. The van der Waals surface area contributed by atoms with Crippen LogP contribution in [0.3, 0.4) is 0 Å². The SMILES string of the molecule is CCC(C)CC(=O)Nc1cc(Cl)cc(C(=O)O)c1. The largest absolute Gasteiger partial charge is 0.478 e. The van der Waals surface area contributed by atoms with Crippen LogP contribution in [0.25, 0.3) is 0 Å². The second-order valence-electron chi connectivity index (χ2n) is 4.30. The second kappa shape index (κ2) is 6.40. The molecular weight excluding hydrogens is 254 g/mol. The fourth-order valence-corrected chi connectivity index (χ4v) is 1.69. The minimum Gasteiger partial charge on any atom is -0.478 e. The van der Waals surface area contributed by atoms with Gasteiger partial charge in [-0.3, -0.25) is 4.79 Å². The first-order valence-corrected chi connectivity index (χ1v) is 6.14. The van der Waals surface area contributed by atoms with Crippen LogP contribution in [0.5, 0.6) is 0 Å². The lowest BCUT2D eigenvalue weighted by Crippen LogP contribution is -2.15. The highest BCUT2D eigenvalue weighted by molar-refractivity contribution is 6.31. The number of halogens is 1. The molecule has 0 spiro atoms. The van der Waals surface area contributed by atoms with Gasteiger partial charge in [0.2, 0.25) is 5.91 Å². The van der Waals surface area contributed by atoms with E-state index in [2.05, 4.69) is 5.32 Å². The first kappa shape index (κ1) is 14.5. The average molecular weight is 270 g/mol. The number of aromatic carboxylic acids is 1. The van der Waals surface area contributed by atoms with Crippen LogP contribution in [-0.2, 0) is 4.79 Å². The molecule has 0 aromatic heterocycles. The van der Waals surface area contributed by atoms with Crippen molar-refractivity contribution in [1.82, 2.24) is 0 Å². The highest BCUT2D eigenvalue weighted by atomic mass is 35.5. The summed E-state index contributed by atoms with van der Waals surface area (Å²) in [4.78, 5) is 22.5. The molecule has 0 heterocycles. The topological polar surface area (TPSA) is 66.4 Å². The smallest absolute Gasteiger partial charge is 0.335 e. The summed E-state index contributed by atoms with van der Waals surface area (Å²) >= 11 is 5.80. The van der Waals surface area contributed by atoms with Crippen LogP contribution in [-0.4, -0.2) is 17.0 Å². The minimum atomic E-state index is -1.07. The zero-order valence-electron chi connectivity index (χ0n) is 10.4. The Morgan fingerprint density at radius 2 is 2.06 bits per heavy atom. The Bertz CT molecular complexity index is 460. The van der Waals surface area contributed by atoms with E-state index in [1.807, 2.05) is 13.8 Å². The van der Waals surface area contributed by atoms with Crippen molar-refractivity contribution in [2.24, 2.45) is 5.92 Å². The third-order valence-corrected chi connectivity index (χ3v) is 2.88. The van der Waals surface area contributed by atoms with Crippen molar-refractivity contribution in [2.75, 3.05) is 5.32 Å². The molecule has 1 atom stereocenters. The van der Waals surface area contributed by atoms with E-state index in [9.17, 15) is 9.59 Å².